The Labute approximate surface area is 70.2 Å². The Morgan fingerprint density at radius 1 is 1.67 bits per heavy atom. The molecule has 4 heteroatoms. The standard InChI is InChI=1S/C8H8N3O/c12-8-10-5-6-11(8)7-3-1-2-4-9-7/h1,3-4H,5-6H2,(H,10,12). The molecule has 1 aliphatic rings. The number of pyridine rings is 1. The molecule has 0 atom stereocenters. The molecule has 0 aromatic carbocycles. The lowest BCUT2D eigenvalue weighted by molar-refractivity contribution is 0.252. The number of amides is 2. The Morgan fingerprint density at radius 3 is 3.17 bits per heavy atom. The molecule has 1 saturated heterocycles. The molecule has 2 rings (SSSR count). The molecule has 4 nitrogen and oxygen atoms in total. The van der Waals surface area contributed by atoms with Gasteiger partial charge in [-0.1, -0.05) is 0 Å². The Kier molecular flexibility index (Phi) is 1.66. The first kappa shape index (κ1) is 7.09. The average molecular weight is 162 g/mol. The van der Waals surface area contributed by atoms with Crippen LogP contribution in [0.5, 0.6) is 0 Å². The maximum Gasteiger partial charge on any atom is 0.323 e. The van der Waals surface area contributed by atoms with Crippen LogP contribution in [0.4, 0.5) is 10.6 Å². The fourth-order valence-electron chi connectivity index (χ4n) is 1.16. The van der Waals surface area contributed by atoms with Crippen LogP contribution >= 0.6 is 0 Å². The molecule has 0 unspecified atom stereocenters. The summed E-state index contributed by atoms with van der Waals surface area (Å²) < 4.78 is 0. The number of nitrogens with one attached hydrogen (secondary N) is 1. The van der Waals surface area contributed by atoms with Gasteiger partial charge in [0.15, 0.2) is 0 Å². The van der Waals surface area contributed by atoms with Crippen molar-refractivity contribution in [1.29, 1.82) is 0 Å². The van der Waals surface area contributed by atoms with Gasteiger partial charge >= 0.3 is 6.03 Å². The zero-order valence-electron chi connectivity index (χ0n) is 6.45. The van der Waals surface area contributed by atoms with Crippen molar-refractivity contribution in [2.24, 2.45) is 0 Å². The van der Waals surface area contributed by atoms with E-state index < -0.39 is 0 Å². The number of urea groups is 1. The Hall–Kier alpha value is -1.58. The molecule has 12 heavy (non-hydrogen) atoms. The second-order valence-electron chi connectivity index (χ2n) is 2.50. The van der Waals surface area contributed by atoms with Gasteiger partial charge in [0.1, 0.15) is 5.82 Å². The molecule has 2 heterocycles. The molecular formula is C8H8N3O. The van der Waals surface area contributed by atoms with Gasteiger partial charge in [0.05, 0.1) is 0 Å². The van der Waals surface area contributed by atoms with E-state index in [2.05, 4.69) is 16.4 Å². The van der Waals surface area contributed by atoms with E-state index in [1.54, 1.807) is 23.2 Å². The summed E-state index contributed by atoms with van der Waals surface area (Å²) in [6.07, 6.45) is 1.56. The fraction of sp³-hybridized carbons (Fsp3) is 0.250. The quantitative estimate of drug-likeness (QED) is 0.650. The monoisotopic (exact) mass is 162 g/mol. The lowest BCUT2D eigenvalue weighted by Crippen LogP contribution is -2.28. The van der Waals surface area contributed by atoms with Gasteiger partial charge < -0.3 is 5.32 Å². The smallest absolute Gasteiger partial charge is 0.323 e. The molecule has 2 amide bonds. The SMILES string of the molecule is O=C1NCCN1c1cc[c]cn1. The normalized spacial score (nSPS) is 16.3. The molecule has 1 radical (unpaired) electrons. The van der Waals surface area contributed by atoms with E-state index in [1.807, 2.05) is 0 Å². The van der Waals surface area contributed by atoms with E-state index in [-0.39, 0.29) is 6.03 Å². The van der Waals surface area contributed by atoms with Crippen molar-refractivity contribution >= 4 is 11.8 Å². The highest BCUT2D eigenvalue weighted by Gasteiger charge is 2.21. The Bertz CT molecular complexity index is 286. The number of carbonyl (C=O) groups excluding carboxylic acids is 1. The van der Waals surface area contributed by atoms with Crippen LogP contribution < -0.4 is 10.2 Å². The maximum absolute atomic E-state index is 11.1. The van der Waals surface area contributed by atoms with Gasteiger partial charge in [-0.3, -0.25) is 4.90 Å². The summed E-state index contributed by atoms with van der Waals surface area (Å²) in [5.74, 6) is 0.684. The lowest BCUT2D eigenvalue weighted by atomic mass is 10.4. The van der Waals surface area contributed by atoms with E-state index in [1.165, 1.54) is 0 Å². The summed E-state index contributed by atoms with van der Waals surface area (Å²) in [7, 11) is 0. The highest BCUT2D eigenvalue weighted by Crippen LogP contribution is 2.10. The number of hydrogen-bond donors (Lipinski definition) is 1. The molecule has 0 aliphatic carbocycles. The minimum atomic E-state index is -0.0753. The first-order chi connectivity index (χ1) is 5.88. The van der Waals surface area contributed by atoms with E-state index in [0.29, 0.717) is 18.9 Å². The number of nitrogens with zero attached hydrogens (tertiary/aromatic N) is 2. The van der Waals surface area contributed by atoms with Crippen LogP contribution in [0.25, 0.3) is 0 Å². The third-order valence-corrected chi connectivity index (χ3v) is 1.73. The van der Waals surface area contributed by atoms with Crippen LogP contribution in [0.2, 0.25) is 0 Å². The van der Waals surface area contributed by atoms with Crippen LogP contribution in [-0.4, -0.2) is 24.1 Å². The number of hydrogen-bond acceptors (Lipinski definition) is 2. The molecular weight excluding hydrogens is 154 g/mol. The first-order valence-electron chi connectivity index (χ1n) is 3.75. The zero-order valence-corrected chi connectivity index (χ0v) is 6.45. The van der Waals surface area contributed by atoms with Crippen molar-refractivity contribution < 1.29 is 4.79 Å². The van der Waals surface area contributed by atoms with Gasteiger partial charge in [0.2, 0.25) is 0 Å². The van der Waals surface area contributed by atoms with E-state index in [0.717, 1.165) is 0 Å². The number of carbonyl (C=O) groups is 1. The summed E-state index contributed by atoms with van der Waals surface area (Å²) in [5, 5.41) is 2.70. The van der Waals surface area contributed by atoms with Crippen LogP contribution in [0.3, 0.4) is 0 Å². The van der Waals surface area contributed by atoms with Gasteiger partial charge in [0, 0.05) is 25.4 Å². The van der Waals surface area contributed by atoms with Gasteiger partial charge in [-0.25, -0.2) is 9.78 Å². The molecule has 1 aromatic heterocycles. The lowest BCUT2D eigenvalue weighted by Gasteiger charge is -2.11. The third kappa shape index (κ3) is 1.11. The Morgan fingerprint density at radius 2 is 2.58 bits per heavy atom. The van der Waals surface area contributed by atoms with Crippen LogP contribution in [0.1, 0.15) is 0 Å². The number of anilines is 1. The molecule has 0 bridgehead atoms. The molecule has 1 aliphatic heterocycles. The molecule has 1 N–H and O–H groups in total. The first-order valence-corrected chi connectivity index (χ1v) is 3.75. The number of rotatable bonds is 1. The molecule has 1 aromatic rings. The second kappa shape index (κ2) is 2.81. The van der Waals surface area contributed by atoms with Crippen molar-refractivity contribution in [3.63, 3.8) is 0 Å². The highest BCUT2D eigenvalue weighted by molar-refractivity contribution is 5.92. The largest absolute Gasteiger partial charge is 0.336 e. The second-order valence-corrected chi connectivity index (χ2v) is 2.50. The van der Waals surface area contributed by atoms with Crippen molar-refractivity contribution in [1.82, 2.24) is 10.3 Å². The van der Waals surface area contributed by atoms with Gasteiger partial charge in [-0.15, -0.1) is 0 Å². The van der Waals surface area contributed by atoms with E-state index >= 15 is 0 Å². The summed E-state index contributed by atoms with van der Waals surface area (Å²) in [5.41, 5.74) is 0. The third-order valence-electron chi connectivity index (χ3n) is 1.73. The Balaban J connectivity index is 2.25. The van der Waals surface area contributed by atoms with Gasteiger partial charge in [0.25, 0.3) is 0 Å². The van der Waals surface area contributed by atoms with Crippen LogP contribution in [0, 0.1) is 6.07 Å². The molecule has 0 spiro atoms. The zero-order chi connectivity index (χ0) is 8.39. The highest BCUT2D eigenvalue weighted by atomic mass is 16.2. The van der Waals surface area contributed by atoms with Crippen molar-refractivity contribution in [2.45, 2.75) is 0 Å². The van der Waals surface area contributed by atoms with E-state index in [4.69, 9.17) is 0 Å². The number of aromatic nitrogens is 1. The molecule has 61 valence electrons. The summed E-state index contributed by atoms with van der Waals surface area (Å²) in [6, 6.07) is 6.24. The minimum Gasteiger partial charge on any atom is -0.336 e. The topological polar surface area (TPSA) is 45.2 Å². The van der Waals surface area contributed by atoms with Crippen molar-refractivity contribution in [3.8, 4) is 0 Å². The van der Waals surface area contributed by atoms with Gasteiger partial charge in [-0.2, -0.15) is 0 Å². The fourth-order valence-corrected chi connectivity index (χ4v) is 1.16. The van der Waals surface area contributed by atoms with Crippen molar-refractivity contribution in [3.05, 3.63) is 24.4 Å². The van der Waals surface area contributed by atoms with Crippen molar-refractivity contribution in [2.75, 3.05) is 18.0 Å². The average Bonchev–Trinajstić information content (AvgIpc) is 2.53. The molecule has 1 fully saturated rings. The maximum atomic E-state index is 11.1. The summed E-state index contributed by atoms with van der Waals surface area (Å²) in [6.45, 7) is 1.38. The summed E-state index contributed by atoms with van der Waals surface area (Å²) in [4.78, 5) is 16.8. The van der Waals surface area contributed by atoms with Crippen LogP contribution in [-0.2, 0) is 0 Å². The minimum absolute atomic E-state index is 0.0753. The molecule has 0 saturated carbocycles. The predicted octanol–water partition coefficient (Wildman–Crippen LogP) is 0.411. The van der Waals surface area contributed by atoms with Crippen LogP contribution in [0.15, 0.2) is 18.3 Å². The van der Waals surface area contributed by atoms with E-state index in [9.17, 15) is 4.79 Å². The van der Waals surface area contributed by atoms with Gasteiger partial charge in [-0.05, 0) is 12.1 Å². The summed E-state index contributed by atoms with van der Waals surface area (Å²) >= 11 is 0. The predicted molar refractivity (Wildman–Crippen MR) is 43.8 cm³/mol.